The van der Waals surface area contributed by atoms with Gasteiger partial charge in [-0.3, -0.25) is 14.4 Å². The standard InChI is InChI=1S/C11H15NO7/c1-7(8(14)6-18-5-4-13)11(17)19-12-9(15)2-3-10(12)16/h7,13H,2-6H2,1H3. The van der Waals surface area contributed by atoms with Crippen molar-refractivity contribution in [2.24, 2.45) is 5.92 Å². The predicted octanol–water partition coefficient (Wildman–Crippen LogP) is -1.19. The number of carbonyl (C=O) groups is 4. The van der Waals surface area contributed by atoms with Crippen LogP contribution in [0.1, 0.15) is 19.8 Å². The highest BCUT2D eigenvalue weighted by atomic mass is 16.7. The minimum Gasteiger partial charge on any atom is -0.394 e. The molecule has 1 heterocycles. The van der Waals surface area contributed by atoms with E-state index in [9.17, 15) is 19.2 Å². The quantitative estimate of drug-likeness (QED) is 0.352. The van der Waals surface area contributed by atoms with Gasteiger partial charge >= 0.3 is 5.97 Å². The van der Waals surface area contributed by atoms with Crippen LogP contribution in [-0.2, 0) is 28.8 Å². The van der Waals surface area contributed by atoms with Gasteiger partial charge in [0.15, 0.2) is 5.78 Å². The number of ether oxygens (including phenoxy) is 1. The molecule has 0 aromatic carbocycles. The van der Waals surface area contributed by atoms with Crippen molar-refractivity contribution in [3.8, 4) is 0 Å². The molecule has 1 unspecified atom stereocenters. The summed E-state index contributed by atoms with van der Waals surface area (Å²) in [5.41, 5.74) is 0. The molecule has 1 atom stereocenters. The second kappa shape index (κ2) is 6.95. The van der Waals surface area contributed by atoms with Crippen molar-refractivity contribution in [2.45, 2.75) is 19.8 Å². The first-order valence-electron chi connectivity index (χ1n) is 5.76. The summed E-state index contributed by atoms with van der Waals surface area (Å²) in [6, 6.07) is 0. The van der Waals surface area contributed by atoms with Gasteiger partial charge in [-0.15, -0.1) is 5.06 Å². The first-order chi connectivity index (χ1) is 8.97. The molecule has 0 aliphatic carbocycles. The second-order valence-corrected chi connectivity index (χ2v) is 3.96. The van der Waals surface area contributed by atoms with Crippen molar-refractivity contribution in [3.05, 3.63) is 0 Å². The molecule has 1 saturated heterocycles. The molecule has 1 rings (SSSR count). The van der Waals surface area contributed by atoms with Crippen LogP contribution in [0, 0.1) is 5.92 Å². The molecule has 8 nitrogen and oxygen atoms in total. The highest BCUT2D eigenvalue weighted by molar-refractivity contribution is 6.04. The van der Waals surface area contributed by atoms with Crippen LogP contribution in [0.2, 0.25) is 0 Å². The summed E-state index contributed by atoms with van der Waals surface area (Å²) in [5, 5.41) is 8.85. The third kappa shape index (κ3) is 4.11. The van der Waals surface area contributed by atoms with E-state index in [0.29, 0.717) is 5.06 Å². The van der Waals surface area contributed by atoms with E-state index in [-0.39, 0.29) is 32.7 Å². The van der Waals surface area contributed by atoms with Gasteiger partial charge in [0.2, 0.25) is 0 Å². The number of aliphatic hydroxyl groups is 1. The zero-order chi connectivity index (χ0) is 14.4. The van der Waals surface area contributed by atoms with Gasteiger partial charge in [0, 0.05) is 12.8 Å². The third-order valence-corrected chi connectivity index (χ3v) is 2.50. The fourth-order valence-electron chi connectivity index (χ4n) is 1.32. The lowest BCUT2D eigenvalue weighted by molar-refractivity contribution is -0.200. The Hall–Kier alpha value is -1.80. The lowest BCUT2D eigenvalue weighted by Gasteiger charge is -2.15. The zero-order valence-electron chi connectivity index (χ0n) is 10.5. The fraction of sp³-hybridized carbons (Fsp3) is 0.636. The first-order valence-corrected chi connectivity index (χ1v) is 5.76. The predicted molar refractivity (Wildman–Crippen MR) is 59.3 cm³/mol. The molecule has 0 radical (unpaired) electrons. The number of Topliss-reactive ketones (excluding diaryl/α,β-unsaturated/α-hetero) is 1. The van der Waals surface area contributed by atoms with Crippen molar-refractivity contribution in [2.75, 3.05) is 19.8 Å². The molecular weight excluding hydrogens is 258 g/mol. The second-order valence-electron chi connectivity index (χ2n) is 3.96. The van der Waals surface area contributed by atoms with Crippen LogP contribution in [0.15, 0.2) is 0 Å². The van der Waals surface area contributed by atoms with E-state index < -0.39 is 29.5 Å². The van der Waals surface area contributed by atoms with Crippen LogP contribution < -0.4 is 0 Å². The average Bonchev–Trinajstić information content (AvgIpc) is 2.69. The first kappa shape index (κ1) is 15.3. The van der Waals surface area contributed by atoms with Gasteiger partial charge in [-0.1, -0.05) is 0 Å². The number of nitrogens with zero attached hydrogens (tertiary/aromatic N) is 1. The number of hydroxylamine groups is 2. The van der Waals surface area contributed by atoms with Crippen LogP contribution in [0.5, 0.6) is 0 Å². The summed E-state index contributed by atoms with van der Waals surface area (Å²) in [5.74, 6) is -3.90. The molecule has 1 aliphatic rings. The minimum atomic E-state index is -1.15. The van der Waals surface area contributed by atoms with E-state index >= 15 is 0 Å². The summed E-state index contributed by atoms with van der Waals surface area (Å²) in [7, 11) is 0. The lowest BCUT2D eigenvalue weighted by Crippen LogP contribution is -2.36. The summed E-state index contributed by atoms with van der Waals surface area (Å²) in [6.07, 6.45) is -0.0118. The Labute approximate surface area is 109 Å². The Morgan fingerprint density at radius 1 is 1.32 bits per heavy atom. The highest BCUT2D eigenvalue weighted by Gasteiger charge is 2.35. The zero-order valence-corrected chi connectivity index (χ0v) is 10.5. The number of imide groups is 1. The summed E-state index contributed by atoms with van der Waals surface area (Å²) in [6.45, 7) is 0.691. The van der Waals surface area contributed by atoms with E-state index in [2.05, 4.69) is 4.84 Å². The Balaban J connectivity index is 2.46. The van der Waals surface area contributed by atoms with Crippen molar-refractivity contribution >= 4 is 23.6 Å². The Kier molecular flexibility index (Phi) is 5.58. The molecule has 1 fully saturated rings. The van der Waals surface area contributed by atoms with Crippen molar-refractivity contribution in [1.29, 1.82) is 0 Å². The van der Waals surface area contributed by atoms with E-state index in [0.717, 1.165) is 0 Å². The molecule has 0 aromatic rings. The normalized spacial score (nSPS) is 16.6. The Bertz CT molecular complexity index is 377. The molecular formula is C11H15NO7. The molecule has 0 aromatic heterocycles. The van der Waals surface area contributed by atoms with E-state index in [1.807, 2.05) is 0 Å². The van der Waals surface area contributed by atoms with Gasteiger partial charge in [0.25, 0.3) is 11.8 Å². The summed E-state index contributed by atoms with van der Waals surface area (Å²) < 4.78 is 4.77. The largest absolute Gasteiger partial charge is 0.394 e. The van der Waals surface area contributed by atoms with Gasteiger partial charge in [-0.05, 0) is 6.92 Å². The molecule has 0 saturated carbocycles. The van der Waals surface area contributed by atoms with Gasteiger partial charge in [-0.25, -0.2) is 4.79 Å². The van der Waals surface area contributed by atoms with Crippen molar-refractivity contribution < 1.29 is 33.9 Å². The number of aliphatic hydroxyl groups excluding tert-OH is 1. The van der Waals surface area contributed by atoms with Gasteiger partial charge in [0.1, 0.15) is 12.5 Å². The monoisotopic (exact) mass is 273 g/mol. The number of hydrogen-bond acceptors (Lipinski definition) is 7. The maximum Gasteiger partial charge on any atom is 0.343 e. The lowest BCUT2D eigenvalue weighted by atomic mass is 10.1. The SMILES string of the molecule is CC(C(=O)COCCO)C(=O)ON1C(=O)CCC1=O. The van der Waals surface area contributed by atoms with E-state index in [1.165, 1.54) is 6.92 Å². The molecule has 8 heteroatoms. The molecule has 0 spiro atoms. The Morgan fingerprint density at radius 2 is 1.89 bits per heavy atom. The van der Waals surface area contributed by atoms with Crippen LogP contribution in [0.4, 0.5) is 0 Å². The molecule has 2 amide bonds. The number of ketones is 1. The van der Waals surface area contributed by atoms with Crippen molar-refractivity contribution in [1.82, 2.24) is 5.06 Å². The molecule has 1 N–H and O–H groups in total. The topological polar surface area (TPSA) is 110 Å². The highest BCUT2D eigenvalue weighted by Crippen LogP contribution is 2.14. The number of rotatable bonds is 7. The smallest absolute Gasteiger partial charge is 0.343 e. The maximum absolute atomic E-state index is 11.6. The molecule has 1 aliphatic heterocycles. The molecule has 0 bridgehead atoms. The number of carbonyl (C=O) groups excluding carboxylic acids is 4. The van der Waals surface area contributed by atoms with E-state index in [1.54, 1.807) is 0 Å². The van der Waals surface area contributed by atoms with E-state index in [4.69, 9.17) is 9.84 Å². The summed E-state index contributed by atoms with van der Waals surface area (Å²) in [4.78, 5) is 50.1. The van der Waals surface area contributed by atoms with Crippen molar-refractivity contribution in [3.63, 3.8) is 0 Å². The van der Waals surface area contributed by atoms with Crippen LogP contribution in [0.3, 0.4) is 0 Å². The van der Waals surface area contributed by atoms with Crippen LogP contribution in [-0.4, -0.2) is 53.6 Å². The number of amides is 2. The van der Waals surface area contributed by atoms with Gasteiger partial charge in [0.05, 0.1) is 13.2 Å². The van der Waals surface area contributed by atoms with Crippen LogP contribution >= 0.6 is 0 Å². The molecule has 106 valence electrons. The van der Waals surface area contributed by atoms with Gasteiger partial charge in [-0.2, -0.15) is 0 Å². The maximum atomic E-state index is 11.6. The summed E-state index contributed by atoms with van der Waals surface area (Å²) >= 11 is 0. The average molecular weight is 273 g/mol. The van der Waals surface area contributed by atoms with Crippen LogP contribution in [0.25, 0.3) is 0 Å². The van der Waals surface area contributed by atoms with Gasteiger partial charge < -0.3 is 14.7 Å². The fourth-order valence-corrected chi connectivity index (χ4v) is 1.32. The molecule has 19 heavy (non-hydrogen) atoms. The Morgan fingerprint density at radius 3 is 2.42 bits per heavy atom. The minimum absolute atomic E-state index is 0.00590. The third-order valence-electron chi connectivity index (χ3n) is 2.50. The number of hydrogen-bond donors (Lipinski definition) is 1.